The van der Waals surface area contributed by atoms with Gasteiger partial charge in [0.15, 0.2) is 0 Å². The van der Waals surface area contributed by atoms with E-state index in [0.717, 1.165) is 16.5 Å². The summed E-state index contributed by atoms with van der Waals surface area (Å²) in [5, 5.41) is 11.6. The van der Waals surface area contributed by atoms with Gasteiger partial charge >= 0.3 is 0 Å². The fourth-order valence-corrected chi connectivity index (χ4v) is 4.10. The minimum atomic E-state index is -0.272. The summed E-state index contributed by atoms with van der Waals surface area (Å²) < 4.78 is 1.78. The molecule has 0 aliphatic carbocycles. The summed E-state index contributed by atoms with van der Waals surface area (Å²) in [5.41, 5.74) is 2.33. The number of carbonyl (C=O) groups excluding carboxylic acids is 2. The second-order valence-electron chi connectivity index (χ2n) is 7.56. The summed E-state index contributed by atoms with van der Waals surface area (Å²) in [6, 6.07) is 16.4. The van der Waals surface area contributed by atoms with Gasteiger partial charge in [-0.05, 0) is 30.7 Å². The molecular formula is C24H24ClN5O2. The number of rotatable bonds is 8. The molecule has 7 nitrogen and oxygen atoms in total. The molecule has 164 valence electrons. The van der Waals surface area contributed by atoms with E-state index in [-0.39, 0.29) is 36.9 Å². The van der Waals surface area contributed by atoms with Crippen LogP contribution in [-0.4, -0.2) is 39.2 Å². The second kappa shape index (κ2) is 9.70. The Bertz CT molecular complexity index is 1220. The molecule has 0 fully saturated rings. The van der Waals surface area contributed by atoms with E-state index in [1.54, 1.807) is 17.1 Å². The highest BCUT2D eigenvalue weighted by Gasteiger charge is 2.25. The van der Waals surface area contributed by atoms with E-state index in [2.05, 4.69) is 20.7 Å². The molecule has 2 aromatic carbocycles. The quantitative estimate of drug-likeness (QED) is 0.380. The predicted octanol–water partition coefficient (Wildman–Crippen LogP) is 3.93. The molecule has 2 aromatic heterocycles. The van der Waals surface area contributed by atoms with Gasteiger partial charge in [-0.3, -0.25) is 14.3 Å². The Kier molecular flexibility index (Phi) is 6.56. The van der Waals surface area contributed by atoms with Gasteiger partial charge in [0.2, 0.25) is 5.91 Å². The van der Waals surface area contributed by atoms with Crippen molar-refractivity contribution in [3.8, 4) is 0 Å². The number of hydrogen-bond donors (Lipinski definition) is 3. The molecule has 0 radical (unpaired) electrons. The Labute approximate surface area is 190 Å². The van der Waals surface area contributed by atoms with Gasteiger partial charge in [0, 0.05) is 47.5 Å². The van der Waals surface area contributed by atoms with Crippen molar-refractivity contribution in [1.82, 2.24) is 25.4 Å². The monoisotopic (exact) mass is 449 g/mol. The van der Waals surface area contributed by atoms with Crippen LogP contribution in [0.15, 0.2) is 73.2 Å². The molecule has 4 aromatic rings. The minimum absolute atomic E-state index is 0.160. The molecule has 2 heterocycles. The van der Waals surface area contributed by atoms with Crippen LogP contribution in [0.1, 0.15) is 35.3 Å². The van der Waals surface area contributed by atoms with E-state index in [1.165, 1.54) is 0 Å². The lowest BCUT2D eigenvalue weighted by Gasteiger charge is -2.26. The number of halogens is 1. The molecule has 0 bridgehead atoms. The van der Waals surface area contributed by atoms with Crippen molar-refractivity contribution in [3.63, 3.8) is 0 Å². The molecule has 0 aliphatic heterocycles. The lowest BCUT2D eigenvalue weighted by molar-refractivity contribution is -0.121. The molecule has 0 saturated carbocycles. The largest absolute Gasteiger partial charge is 0.360 e. The van der Waals surface area contributed by atoms with E-state index in [9.17, 15) is 9.59 Å². The summed E-state index contributed by atoms with van der Waals surface area (Å²) in [4.78, 5) is 28.2. The van der Waals surface area contributed by atoms with Crippen LogP contribution in [0.3, 0.4) is 0 Å². The molecule has 2 amide bonds. The molecular weight excluding hydrogens is 426 g/mol. The van der Waals surface area contributed by atoms with Crippen LogP contribution in [0, 0.1) is 0 Å². The van der Waals surface area contributed by atoms with Gasteiger partial charge in [-0.2, -0.15) is 5.10 Å². The van der Waals surface area contributed by atoms with Crippen molar-refractivity contribution in [2.75, 3.05) is 6.54 Å². The smallest absolute Gasteiger partial charge is 0.253 e. The van der Waals surface area contributed by atoms with Crippen molar-refractivity contribution in [2.45, 2.75) is 25.4 Å². The number of amides is 2. The fraction of sp³-hybridized carbons (Fsp3) is 0.208. The number of para-hydroxylation sites is 1. The van der Waals surface area contributed by atoms with E-state index < -0.39 is 0 Å². The van der Waals surface area contributed by atoms with Gasteiger partial charge in [0.05, 0.1) is 17.6 Å². The standard InChI is InChI=1S/C24H24ClN5O2/c1-16(23(30-14-6-12-28-30)18-8-2-4-9-20(18)25)29-22(31)11-13-26-24(32)19-15-27-21-10-5-3-7-17(19)21/h2-10,12,14-16,23,27H,11,13H2,1H3,(H,26,32)(H,29,31)/t16-,23-/m1/s1. The van der Waals surface area contributed by atoms with Crippen LogP contribution in [0.4, 0.5) is 0 Å². The van der Waals surface area contributed by atoms with Crippen LogP contribution < -0.4 is 10.6 Å². The average molecular weight is 450 g/mol. The van der Waals surface area contributed by atoms with Gasteiger partial charge in [-0.1, -0.05) is 48.0 Å². The fourth-order valence-electron chi connectivity index (χ4n) is 3.85. The topological polar surface area (TPSA) is 91.8 Å². The minimum Gasteiger partial charge on any atom is -0.360 e. The molecule has 8 heteroatoms. The highest BCUT2D eigenvalue weighted by molar-refractivity contribution is 6.31. The number of fused-ring (bicyclic) bond motifs is 1. The SMILES string of the molecule is C[C@@H](NC(=O)CCNC(=O)c1c[nH]c2ccccc12)[C@H](c1ccccc1Cl)n1cccn1. The van der Waals surface area contributed by atoms with Crippen molar-refractivity contribution in [2.24, 2.45) is 0 Å². The summed E-state index contributed by atoms with van der Waals surface area (Å²) in [5.74, 6) is -0.380. The third kappa shape index (κ3) is 4.68. The number of hydrogen-bond acceptors (Lipinski definition) is 3. The highest BCUT2D eigenvalue weighted by atomic mass is 35.5. The number of nitrogens with zero attached hydrogens (tertiary/aromatic N) is 2. The maximum absolute atomic E-state index is 12.6. The van der Waals surface area contributed by atoms with Crippen molar-refractivity contribution < 1.29 is 9.59 Å². The van der Waals surface area contributed by atoms with Crippen LogP contribution in [-0.2, 0) is 4.79 Å². The summed E-state index contributed by atoms with van der Waals surface area (Å²) in [7, 11) is 0. The molecule has 2 atom stereocenters. The number of aromatic amines is 1. The molecule has 32 heavy (non-hydrogen) atoms. The van der Waals surface area contributed by atoms with Crippen LogP contribution in [0.2, 0.25) is 5.02 Å². The number of H-pyrrole nitrogens is 1. The van der Waals surface area contributed by atoms with E-state index >= 15 is 0 Å². The molecule has 3 N–H and O–H groups in total. The zero-order chi connectivity index (χ0) is 22.5. The van der Waals surface area contributed by atoms with Gasteiger partial charge in [0.25, 0.3) is 5.91 Å². The lowest BCUT2D eigenvalue weighted by atomic mass is 10.00. The number of aromatic nitrogens is 3. The molecule has 0 saturated heterocycles. The Morgan fingerprint density at radius 2 is 1.91 bits per heavy atom. The van der Waals surface area contributed by atoms with Crippen LogP contribution >= 0.6 is 11.6 Å². The number of nitrogens with one attached hydrogen (secondary N) is 3. The predicted molar refractivity (Wildman–Crippen MR) is 125 cm³/mol. The van der Waals surface area contributed by atoms with Crippen molar-refractivity contribution in [3.05, 3.63) is 89.3 Å². The highest BCUT2D eigenvalue weighted by Crippen LogP contribution is 2.28. The first-order valence-electron chi connectivity index (χ1n) is 10.4. The first kappa shape index (κ1) is 21.6. The van der Waals surface area contributed by atoms with Gasteiger partial charge in [-0.15, -0.1) is 0 Å². The average Bonchev–Trinajstić information content (AvgIpc) is 3.45. The Hall–Kier alpha value is -3.58. The van der Waals surface area contributed by atoms with Crippen LogP contribution in [0.5, 0.6) is 0 Å². The van der Waals surface area contributed by atoms with E-state index in [1.807, 2.05) is 67.7 Å². The molecule has 0 unspecified atom stereocenters. The first-order valence-corrected chi connectivity index (χ1v) is 10.8. The van der Waals surface area contributed by atoms with Gasteiger partial charge in [0.1, 0.15) is 0 Å². The maximum Gasteiger partial charge on any atom is 0.253 e. The Morgan fingerprint density at radius 1 is 1.12 bits per heavy atom. The third-order valence-electron chi connectivity index (χ3n) is 5.37. The van der Waals surface area contributed by atoms with Gasteiger partial charge < -0.3 is 15.6 Å². The zero-order valence-electron chi connectivity index (χ0n) is 17.6. The summed E-state index contributed by atoms with van der Waals surface area (Å²) >= 11 is 6.42. The third-order valence-corrected chi connectivity index (χ3v) is 5.71. The Morgan fingerprint density at radius 3 is 2.69 bits per heavy atom. The van der Waals surface area contributed by atoms with E-state index in [0.29, 0.717) is 10.6 Å². The number of benzene rings is 2. The maximum atomic E-state index is 12.6. The number of carbonyl (C=O) groups is 2. The summed E-state index contributed by atoms with van der Waals surface area (Å²) in [6.45, 7) is 2.15. The van der Waals surface area contributed by atoms with Crippen LogP contribution in [0.25, 0.3) is 10.9 Å². The molecule has 0 spiro atoms. The Balaban J connectivity index is 1.36. The first-order chi connectivity index (χ1) is 15.5. The van der Waals surface area contributed by atoms with Crippen molar-refractivity contribution in [1.29, 1.82) is 0 Å². The molecule has 0 aliphatic rings. The van der Waals surface area contributed by atoms with E-state index in [4.69, 9.17) is 11.6 Å². The van der Waals surface area contributed by atoms with Gasteiger partial charge in [-0.25, -0.2) is 0 Å². The second-order valence-corrected chi connectivity index (χ2v) is 7.97. The normalized spacial score (nSPS) is 12.9. The zero-order valence-corrected chi connectivity index (χ0v) is 18.3. The lowest BCUT2D eigenvalue weighted by Crippen LogP contribution is -2.41. The summed E-state index contributed by atoms with van der Waals surface area (Å²) in [6.07, 6.45) is 5.38. The van der Waals surface area contributed by atoms with Crippen molar-refractivity contribution >= 4 is 34.3 Å². The molecule has 4 rings (SSSR count).